The summed E-state index contributed by atoms with van der Waals surface area (Å²) >= 11 is 5.70. The Morgan fingerprint density at radius 3 is 2.74 bits per heavy atom. The van der Waals surface area contributed by atoms with E-state index in [0.717, 1.165) is 0 Å². The summed E-state index contributed by atoms with van der Waals surface area (Å²) in [6.07, 6.45) is -4.48. The smallest absolute Gasteiger partial charge is 0.433 e. The van der Waals surface area contributed by atoms with E-state index in [1.165, 1.54) is 7.11 Å². The maximum atomic E-state index is 12.8. The van der Waals surface area contributed by atoms with Crippen molar-refractivity contribution in [2.75, 3.05) is 7.11 Å². The molecule has 0 saturated carbocycles. The first-order valence-electron chi connectivity index (χ1n) is 5.34. The summed E-state index contributed by atoms with van der Waals surface area (Å²) in [5.74, 6) is 0.575. The largest absolute Gasteiger partial charge is 0.497 e. The van der Waals surface area contributed by atoms with Crippen LogP contribution in [-0.2, 0) is 12.6 Å². The third-order valence-corrected chi connectivity index (χ3v) is 2.93. The zero-order chi connectivity index (χ0) is 14.0. The zero-order valence-corrected chi connectivity index (χ0v) is 10.6. The Hall–Kier alpha value is -1.69. The Kier molecular flexibility index (Phi) is 3.71. The fourth-order valence-corrected chi connectivity index (χ4v) is 1.93. The first kappa shape index (κ1) is 13.7. The molecule has 102 valence electrons. The van der Waals surface area contributed by atoms with Gasteiger partial charge in [0.2, 0.25) is 0 Å². The van der Waals surface area contributed by atoms with E-state index in [9.17, 15) is 13.2 Å². The van der Waals surface area contributed by atoms with Crippen LogP contribution in [0, 0.1) is 0 Å². The second kappa shape index (κ2) is 5.13. The van der Waals surface area contributed by atoms with E-state index in [4.69, 9.17) is 16.3 Å². The van der Waals surface area contributed by atoms with Gasteiger partial charge in [-0.15, -0.1) is 0 Å². The summed E-state index contributed by atoms with van der Waals surface area (Å²) < 4.78 is 43.3. The summed E-state index contributed by atoms with van der Waals surface area (Å²) in [4.78, 5) is 0. The highest BCUT2D eigenvalue weighted by Crippen LogP contribution is 2.34. The summed E-state index contributed by atoms with van der Waals surface area (Å²) in [7, 11) is 1.49. The van der Waals surface area contributed by atoms with Gasteiger partial charge in [0.25, 0.3) is 0 Å². The van der Waals surface area contributed by atoms with Gasteiger partial charge in [-0.05, 0) is 17.7 Å². The molecule has 0 atom stereocenters. The van der Waals surface area contributed by atoms with Crippen LogP contribution in [0.5, 0.6) is 5.75 Å². The van der Waals surface area contributed by atoms with Crippen LogP contribution in [0.15, 0.2) is 24.3 Å². The topological polar surface area (TPSA) is 37.9 Å². The molecule has 1 aromatic carbocycles. The number of hydrogen-bond acceptors (Lipinski definition) is 2. The van der Waals surface area contributed by atoms with Gasteiger partial charge in [0.15, 0.2) is 5.15 Å². The number of benzene rings is 1. The molecule has 7 heteroatoms. The van der Waals surface area contributed by atoms with Crippen LogP contribution in [0.4, 0.5) is 13.2 Å². The van der Waals surface area contributed by atoms with Crippen molar-refractivity contribution in [3.63, 3.8) is 0 Å². The standard InChI is InChI=1S/C12H10ClF3N2O/c1-19-8-4-2-3-7(5-8)6-9-10(12(14,15)16)17-18-11(9)13/h2-5H,6H2,1H3,(H,17,18). The maximum absolute atomic E-state index is 12.8. The van der Waals surface area contributed by atoms with Crippen LogP contribution in [0.3, 0.4) is 0 Å². The van der Waals surface area contributed by atoms with Crippen LogP contribution < -0.4 is 4.74 Å². The molecule has 0 amide bonds. The van der Waals surface area contributed by atoms with E-state index in [-0.39, 0.29) is 17.1 Å². The van der Waals surface area contributed by atoms with Crippen molar-refractivity contribution in [1.82, 2.24) is 10.2 Å². The Balaban J connectivity index is 2.35. The molecule has 1 aromatic heterocycles. The van der Waals surface area contributed by atoms with Gasteiger partial charge in [-0.2, -0.15) is 18.3 Å². The monoisotopic (exact) mass is 290 g/mol. The van der Waals surface area contributed by atoms with Gasteiger partial charge < -0.3 is 4.74 Å². The molecule has 1 N–H and O–H groups in total. The number of hydrogen-bond donors (Lipinski definition) is 1. The number of halogens is 4. The van der Waals surface area contributed by atoms with Crippen LogP contribution in [-0.4, -0.2) is 17.3 Å². The molecule has 0 radical (unpaired) electrons. The molecule has 0 fully saturated rings. The molecule has 0 aliphatic carbocycles. The molecule has 0 bridgehead atoms. The van der Waals surface area contributed by atoms with Gasteiger partial charge in [-0.25, -0.2) is 0 Å². The van der Waals surface area contributed by atoms with Crippen LogP contribution in [0.2, 0.25) is 5.15 Å². The Morgan fingerprint density at radius 2 is 2.11 bits per heavy atom. The van der Waals surface area contributed by atoms with E-state index in [2.05, 4.69) is 5.10 Å². The predicted octanol–water partition coefficient (Wildman–Crippen LogP) is 3.68. The molecule has 0 saturated heterocycles. The van der Waals surface area contributed by atoms with Crippen LogP contribution in [0.25, 0.3) is 0 Å². The van der Waals surface area contributed by atoms with Gasteiger partial charge in [0.1, 0.15) is 11.4 Å². The van der Waals surface area contributed by atoms with Crippen molar-refractivity contribution < 1.29 is 17.9 Å². The number of rotatable bonds is 3. The summed E-state index contributed by atoms with van der Waals surface area (Å²) in [5, 5.41) is 5.16. The van der Waals surface area contributed by atoms with Crippen LogP contribution in [0.1, 0.15) is 16.8 Å². The quantitative estimate of drug-likeness (QED) is 0.936. The number of aromatic amines is 1. The summed E-state index contributed by atoms with van der Waals surface area (Å²) in [6, 6.07) is 6.77. The molecule has 0 unspecified atom stereocenters. The average molecular weight is 291 g/mol. The van der Waals surface area contributed by atoms with Crippen molar-refractivity contribution in [3.05, 3.63) is 46.2 Å². The number of H-pyrrole nitrogens is 1. The lowest BCUT2D eigenvalue weighted by atomic mass is 10.1. The lowest BCUT2D eigenvalue weighted by Crippen LogP contribution is -2.09. The minimum atomic E-state index is -4.51. The van der Waals surface area contributed by atoms with Crippen molar-refractivity contribution >= 4 is 11.6 Å². The van der Waals surface area contributed by atoms with Crippen molar-refractivity contribution in [2.45, 2.75) is 12.6 Å². The molecular weight excluding hydrogens is 281 g/mol. The molecule has 1 heterocycles. The molecular formula is C12H10ClF3N2O. The van der Waals surface area contributed by atoms with Gasteiger partial charge in [0.05, 0.1) is 7.11 Å². The molecule has 0 spiro atoms. The Bertz CT molecular complexity index is 581. The third kappa shape index (κ3) is 3.01. The molecule has 0 aliphatic rings. The van der Waals surface area contributed by atoms with E-state index in [1.807, 2.05) is 5.10 Å². The lowest BCUT2D eigenvalue weighted by molar-refractivity contribution is -0.141. The second-order valence-corrected chi connectivity index (χ2v) is 4.25. The highest BCUT2D eigenvalue weighted by molar-refractivity contribution is 6.30. The van der Waals surface area contributed by atoms with Gasteiger partial charge >= 0.3 is 6.18 Å². The van der Waals surface area contributed by atoms with E-state index < -0.39 is 11.9 Å². The fourth-order valence-electron chi connectivity index (χ4n) is 1.73. The predicted molar refractivity (Wildman–Crippen MR) is 64.4 cm³/mol. The molecule has 0 aliphatic heterocycles. The fraction of sp³-hybridized carbons (Fsp3) is 0.250. The van der Waals surface area contributed by atoms with Gasteiger partial charge in [-0.3, -0.25) is 5.10 Å². The normalized spacial score (nSPS) is 11.6. The SMILES string of the molecule is COc1cccc(Cc2c(Cl)n[nH]c2C(F)(F)F)c1. The first-order valence-corrected chi connectivity index (χ1v) is 5.72. The number of nitrogens with zero attached hydrogens (tertiary/aromatic N) is 1. The van der Waals surface area contributed by atoms with Crippen molar-refractivity contribution in [3.8, 4) is 5.75 Å². The number of ether oxygens (including phenoxy) is 1. The number of nitrogens with one attached hydrogen (secondary N) is 1. The molecule has 2 rings (SSSR count). The molecule has 3 nitrogen and oxygen atoms in total. The minimum absolute atomic E-state index is 0.0291. The Labute approximate surface area is 112 Å². The first-order chi connectivity index (χ1) is 8.91. The molecule has 2 aromatic rings. The summed E-state index contributed by atoms with van der Waals surface area (Å²) in [6.45, 7) is 0. The second-order valence-electron chi connectivity index (χ2n) is 3.89. The van der Waals surface area contributed by atoms with Crippen LogP contribution >= 0.6 is 11.6 Å². The minimum Gasteiger partial charge on any atom is -0.497 e. The number of aromatic nitrogens is 2. The average Bonchev–Trinajstić information content (AvgIpc) is 2.71. The third-order valence-electron chi connectivity index (χ3n) is 2.62. The zero-order valence-electron chi connectivity index (χ0n) is 9.88. The highest BCUT2D eigenvalue weighted by atomic mass is 35.5. The van der Waals surface area contributed by atoms with E-state index in [0.29, 0.717) is 11.3 Å². The summed E-state index contributed by atoms with van der Waals surface area (Å²) in [5.41, 5.74) is -0.323. The number of alkyl halides is 3. The lowest BCUT2D eigenvalue weighted by Gasteiger charge is -2.08. The number of methoxy groups -OCH3 is 1. The van der Waals surface area contributed by atoms with E-state index >= 15 is 0 Å². The van der Waals surface area contributed by atoms with Gasteiger partial charge in [-0.1, -0.05) is 23.7 Å². The van der Waals surface area contributed by atoms with E-state index in [1.54, 1.807) is 24.3 Å². The van der Waals surface area contributed by atoms with Crippen molar-refractivity contribution in [1.29, 1.82) is 0 Å². The van der Waals surface area contributed by atoms with Gasteiger partial charge in [0, 0.05) is 12.0 Å². The highest BCUT2D eigenvalue weighted by Gasteiger charge is 2.36. The maximum Gasteiger partial charge on any atom is 0.433 e. The molecule has 19 heavy (non-hydrogen) atoms. The van der Waals surface area contributed by atoms with Crippen molar-refractivity contribution in [2.24, 2.45) is 0 Å². The Morgan fingerprint density at radius 1 is 1.37 bits per heavy atom.